The van der Waals surface area contributed by atoms with Gasteiger partial charge in [0, 0.05) is 19.0 Å². The van der Waals surface area contributed by atoms with Crippen LogP contribution in [0.2, 0.25) is 0 Å². The number of fused-ring (bicyclic) bond motifs is 1. The second-order valence-corrected chi connectivity index (χ2v) is 5.21. The van der Waals surface area contributed by atoms with Crippen LogP contribution in [0.25, 0.3) is 11.4 Å². The predicted octanol–water partition coefficient (Wildman–Crippen LogP) is 1.99. The first-order chi connectivity index (χ1) is 9.63. The highest BCUT2D eigenvalue weighted by Gasteiger charge is 2.15. The third kappa shape index (κ3) is 2.43. The van der Waals surface area contributed by atoms with Crippen molar-refractivity contribution in [3.05, 3.63) is 35.2 Å². The Morgan fingerprint density at radius 2 is 2.15 bits per heavy atom. The zero-order chi connectivity index (χ0) is 14.1. The van der Waals surface area contributed by atoms with Crippen LogP contribution in [-0.4, -0.2) is 25.8 Å². The van der Waals surface area contributed by atoms with Gasteiger partial charge in [0.2, 0.25) is 0 Å². The van der Waals surface area contributed by atoms with E-state index in [0.29, 0.717) is 12.2 Å². The Hall–Kier alpha value is -2.17. The van der Waals surface area contributed by atoms with Crippen LogP contribution < -0.4 is 0 Å². The number of rotatable bonds is 4. The number of aryl methyl sites for hydroxylation is 4. The van der Waals surface area contributed by atoms with Crippen molar-refractivity contribution in [1.29, 1.82) is 0 Å². The maximum Gasteiger partial charge on any atom is 0.303 e. The van der Waals surface area contributed by atoms with Crippen LogP contribution in [0.5, 0.6) is 0 Å². The lowest BCUT2D eigenvalue weighted by Gasteiger charge is -2.03. The summed E-state index contributed by atoms with van der Waals surface area (Å²) < 4.78 is 1.73. The van der Waals surface area contributed by atoms with Gasteiger partial charge in [0.1, 0.15) is 0 Å². The molecule has 0 saturated carbocycles. The molecule has 1 aliphatic carbocycles. The van der Waals surface area contributed by atoms with E-state index in [1.54, 1.807) is 4.68 Å². The Labute approximate surface area is 117 Å². The zero-order valence-electron chi connectivity index (χ0n) is 11.5. The molecule has 1 N–H and O–H groups in total. The van der Waals surface area contributed by atoms with Gasteiger partial charge in [-0.3, -0.25) is 4.79 Å². The largest absolute Gasteiger partial charge is 0.481 e. The van der Waals surface area contributed by atoms with Crippen LogP contribution in [-0.2, 0) is 31.1 Å². The SMILES string of the molecule is Cn1nc(CCC(=O)O)nc1-c1ccc2c(c1)CCC2. The first kappa shape index (κ1) is 12.8. The smallest absolute Gasteiger partial charge is 0.303 e. The van der Waals surface area contributed by atoms with E-state index in [1.807, 2.05) is 7.05 Å². The van der Waals surface area contributed by atoms with Crippen molar-refractivity contribution in [2.24, 2.45) is 7.05 Å². The summed E-state index contributed by atoms with van der Waals surface area (Å²) in [6.45, 7) is 0. The van der Waals surface area contributed by atoms with Gasteiger partial charge in [-0.1, -0.05) is 12.1 Å². The lowest BCUT2D eigenvalue weighted by Crippen LogP contribution is -1.99. The Morgan fingerprint density at radius 3 is 2.95 bits per heavy atom. The highest BCUT2D eigenvalue weighted by atomic mass is 16.4. The van der Waals surface area contributed by atoms with Gasteiger partial charge >= 0.3 is 5.97 Å². The molecule has 0 unspecified atom stereocenters. The van der Waals surface area contributed by atoms with Crippen molar-refractivity contribution in [3.63, 3.8) is 0 Å². The summed E-state index contributed by atoms with van der Waals surface area (Å²) >= 11 is 0. The van der Waals surface area contributed by atoms with Crippen LogP contribution >= 0.6 is 0 Å². The fourth-order valence-corrected chi connectivity index (χ4v) is 2.72. The van der Waals surface area contributed by atoms with E-state index in [1.165, 1.54) is 17.5 Å². The standard InChI is InChI=1S/C15H17N3O2/c1-18-15(16-13(17-18)7-8-14(19)20)12-6-5-10-3-2-4-11(10)9-12/h5-6,9H,2-4,7-8H2,1H3,(H,19,20). The molecule has 1 aromatic carbocycles. The van der Waals surface area contributed by atoms with Crippen LogP contribution in [0.1, 0.15) is 29.8 Å². The van der Waals surface area contributed by atoms with Gasteiger partial charge in [-0.25, -0.2) is 9.67 Å². The zero-order valence-corrected chi connectivity index (χ0v) is 11.5. The molecule has 0 amide bonds. The van der Waals surface area contributed by atoms with Crippen LogP contribution in [0.3, 0.4) is 0 Å². The number of carboxylic acid groups (broad SMARTS) is 1. The predicted molar refractivity (Wildman–Crippen MR) is 74.4 cm³/mol. The first-order valence-corrected chi connectivity index (χ1v) is 6.87. The molecule has 5 heteroatoms. The second kappa shape index (κ2) is 5.07. The van der Waals surface area contributed by atoms with Crippen molar-refractivity contribution in [3.8, 4) is 11.4 Å². The van der Waals surface area contributed by atoms with E-state index in [0.717, 1.165) is 24.2 Å². The fraction of sp³-hybridized carbons (Fsp3) is 0.400. The molecule has 1 aromatic heterocycles. The third-order valence-electron chi connectivity index (χ3n) is 3.73. The number of nitrogens with zero attached hydrogens (tertiary/aromatic N) is 3. The van der Waals surface area contributed by atoms with E-state index in [2.05, 4.69) is 28.3 Å². The van der Waals surface area contributed by atoms with Gasteiger partial charge in [-0.2, -0.15) is 5.10 Å². The van der Waals surface area contributed by atoms with Crippen LogP contribution in [0.15, 0.2) is 18.2 Å². The summed E-state index contributed by atoms with van der Waals surface area (Å²) in [5, 5.41) is 13.0. The monoisotopic (exact) mass is 271 g/mol. The van der Waals surface area contributed by atoms with Crippen molar-refractivity contribution in [2.75, 3.05) is 0 Å². The minimum Gasteiger partial charge on any atom is -0.481 e. The Kier molecular flexibility index (Phi) is 3.26. The molecule has 2 aromatic rings. The van der Waals surface area contributed by atoms with Crippen LogP contribution in [0, 0.1) is 0 Å². The van der Waals surface area contributed by atoms with E-state index in [9.17, 15) is 4.79 Å². The van der Waals surface area contributed by atoms with Gasteiger partial charge < -0.3 is 5.11 Å². The average Bonchev–Trinajstić information content (AvgIpc) is 3.01. The molecule has 0 fully saturated rings. The minimum absolute atomic E-state index is 0.0631. The number of hydrogen-bond donors (Lipinski definition) is 1. The summed E-state index contributed by atoms with van der Waals surface area (Å²) in [6.07, 6.45) is 3.95. The molecule has 104 valence electrons. The van der Waals surface area contributed by atoms with Gasteiger partial charge in [-0.15, -0.1) is 0 Å². The molecule has 0 bridgehead atoms. The lowest BCUT2D eigenvalue weighted by molar-refractivity contribution is -0.137. The van der Waals surface area contributed by atoms with E-state index in [4.69, 9.17) is 5.11 Å². The molecule has 1 heterocycles. The summed E-state index contributed by atoms with van der Waals surface area (Å²) in [7, 11) is 1.85. The minimum atomic E-state index is -0.823. The highest BCUT2D eigenvalue weighted by Crippen LogP contribution is 2.27. The molecule has 0 saturated heterocycles. The molecule has 0 atom stereocenters. The van der Waals surface area contributed by atoms with Gasteiger partial charge in [0.25, 0.3) is 0 Å². The van der Waals surface area contributed by atoms with E-state index in [-0.39, 0.29) is 6.42 Å². The molecular weight excluding hydrogens is 254 g/mol. The number of benzene rings is 1. The maximum absolute atomic E-state index is 10.6. The molecule has 20 heavy (non-hydrogen) atoms. The number of hydrogen-bond acceptors (Lipinski definition) is 3. The van der Waals surface area contributed by atoms with Crippen molar-refractivity contribution >= 4 is 5.97 Å². The highest BCUT2D eigenvalue weighted by molar-refractivity contribution is 5.67. The molecule has 5 nitrogen and oxygen atoms in total. The maximum atomic E-state index is 10.6. The number of aliphatic carboxylic acids is 1. The fourth-order valence-electron chi connectivity index (χ4n) is 2.72. The first-order valence-electron chi connectivity index (χ1n) is 6.87. The Bertz CT molecular complexity index is 661. The van der Waals surface area contributed by atoms with Crippen molar-refractivity contribution in [2.45, 2.75) is 32.1 Å². The quantitative estimate of drug-likeness (QED) is 0.923. The van der Waals surface area contributed by atoms with Crippen LogP contribution in [0.4, 0.5) is 0 Å². The number of carbonyl (C=O) groups is 1. The third-order valence-corrected chi connectivity index (χ3v) is 3.73. The molecule has 1 aliphatic rings. The summed E-state index contributed by atoms with van der Waals surface area (Å²) in [5.74, 6) is 0.571. The molecule has 0 spiro atoms. The van der Waals surface area contributed by atoms with Gasteiger partial charge in [-0.05, 0) is 36.5 Å². The van der Waals surface area contributed by atoms with Gasteiger partial charge in [0.15, 0.2) is 11.6 Å². The summed E-state index contributed by atoms with van der Waals surface area (Å²) in [4.78, 5) is 15.1. The Morgan fingerprint density at radius 1 is 1.35 bits per heavy atom. The summed E-state index contributed by atoms with van der Waals surface area (Å²) in [5.41, 5.74) is 3.89. The van der Waals surface area contributed by atoms with Crippen molar-refractivity contribution < 1.29 is 9.90 Å². The molecule has 3 rings (SSSR count). The topological polar surface area (TPSA) is 68.0 Å². The van der Waals surface area contributed by atoms with E-state index >= 15 is 0 Å². The summed E-state index contributed by atoms with van der Waals surface area (Å²) in [6, 6.07) is 6.44. The normalized spacial score (nSPS) is 13.4. The molecular formula is C15H17N3O2. The second-order valence-electron chi connectivity index (χ2n) is 5.21. The molecule has 0 aliphatic heterocycles. The molecule has 0 radical (unpaired) electrons. The van der Waals surface area contributed by atoms with E-state index < -0.39 is 5.97 Å². The lowest BCUT2D eigenvalue weighted by atomic mass is 10.1. The Balaban J connectivity index is 1.88. The number of aromatic nitrogens is 3. The van der Waals surface area contributed by atoms with Gasteiger partial charge in [0.05, 0.1) is 6.42 Å². The van der Waals surface area contributed by atoms with Crippen molar-refractivity contribution in [1.82, 2.24) is 14.8 Å². The average molecular weight is 271 g/mol. The number of carboxylic acids is 1.